The topological polar surface area (TPSA) is 61.8 Å². The van der Waals surface area contributed by atoms with E-state index in [1.54, 1.807) is 13.1 Å². The summed E-state index contributed by atoms with van der Waals surface area (Å²) in [5, 5.41) is 14.2. The van der Waals surface area contributed by atoms with Gasteiger partial charge in [0.1, 0.15) is 27.6 Å². The van der Waals surface area contributed by atoms with Gasteiger partial charge in [0, 0.05) is 18.2 Å². The fourth-order valence-electron chi connectivity index (χ4n) is 4.11. The van der Waals surface area contributed by atoms with Crippen LogP contribution in [0.1, 0.15) is 63.6 Å². The number of phenols is 1. The van der Waals surface area contributed by atoms with Gasteiger partial charge < -0.3 is 15.2 Å². The lowest BCUT2D eigenvalue weighted by Crippen LogP contribution is -2.55. The van der Waals surface area contributed by atoms with Gasteiger partial charge in [0.15, 0.2) is 0 Å². The zero-order valence-corrected chi connectivity index (χ0v) is 19.0. The largest absolute Gasteiger partial charge is 0.508 e. The monoisotopic (exact) mass is 440 g/mol. The minimum atomic E-state index is -1.24. The van der Waals surface area contributed by atoms with Crippen LogP contribution in [0.15, 0.2) is 22.2 Å². The fourth-order valence-corrected chi connectivity index (χ4v) is 4.73. The molecule has 2 atom stereocenters. The Morgan fingerprint density at radius 1 is 1.28 bits per heavy atom. The zero-order valence-electron chi connectivity index (χ0n) is 17.5. The van der Waals surface area contributed by atoms with Gasteiger partial charge in [-0.15, -0.1) is 0 Å². The summed E-state index contributed by atoms with van der Waals surface area (Å²) in [7, 11) is 1.65. The van der Waals surface area contributed by atoms with Crippen molar-refractivity contribution < 1.29 is 14.6 Å². The van der Waals surface area contributed by atoms with Gasteiger partial charge in [0.05, 0.1) is 0 Å². The van der Waals surface area contributed by atoms with E-state index in [1.807, 2.05) is 6.07 Å². The number of carbonyl (C=O) groups is 1. The molecule has 0 fully saturated rings. The Kier molecular flexibility index (Phi) is 6.71. The third-order valence-electron chi connectivity index (χ3n) is 5.73. The highest BCUT2D eigenvalue weighted by Gasteiger charge is 2.61. The Morgan fingerprint density at radius 2 is 2.00 bits per heavy atom. The number of carbonyl (C=O) groups excluding carboxylic acids is 1. The van der Waals surface area contributed by atoms with Crippen LogP contribution in [0, 0.1) is 5.92 Å². The Labute approximate surface area is 183 Å². The standard InChI is InChI=1S/C22H30Cl2N2O3/c1-5-6-7-8-9-14-16(27)11-10-15-18(14)29-22(20(15)25-12-13(2)3)19(24)17(23)21(28)26(22)4/h10-11,13,20,25,27H,5-9,12H2,1-4H3/t20-,22+/m1/s1. The molecule has 1 spiro atoms. The molecule has 1 amide bonds. The molecule has 5 nitrogen and oxygen atoms in total. The van der Waals surface area contributed by atoms with E-state index < -0.39 is 5.72 Å². The number of aromatic hydroxyl groups is 1. The number of benzene rings is 1. The van der Waals surface area contributed by atoms with Crippen molar-refractivity contribution in [3.8, 4) is 11.5 Å². The molecule has 0 unspecified atom stereocenters. The molecule has 0 aliphatic carbocycles. The minimum Gasteiger partial charge on any atom is -0.508 e. The highest BCUT2D eigenvalue weighted by molar-refractivity contribution is 6.50. The van der Waals surface area contributed by atoms with E-state index in [-0.39, 0.29) is 27.8 Å². The SMILES string of the molecule is CCCCCCc1c(O)ccc2c1O[C@@]1(C(Cl)=C(Cl)C(=O)N1C)[C@@H]2NCC(C)C. The van der Waals surface area contributed by atoms with Crippen LogP contribution in [0.4, 0.5) is 0 Å². The number of likely N-dealkylation sites (N-methyl/N-ethyl adjacent to an activating group) is 1. The van der Waals surface area contributed by atoms with Gasteiger partial charge in [-0.2, -0.15) is 0 Å². The first-order valence-electron chi connectivity index (χ1n) is 10.4. The third kappa shape index (κ3) is 3.73. The third-order valence-corrected chi connectivity index (χ3v) is 6.64. The quantitative estimate of drug-likeness (QED) is 0.555. The van der Waals surface area contributed by atoms with Gasteiger partial charge >= 0.3 is 0 Å². The lowest BCUT2D eigenvalue weighted by molar-refractivity contribution is -0.136. The zero-order chi connectivity index (χ0) is 21.3. The van der Waals surface area contributed by atoms with Crippen molar-refractivity contribution in [2.24, 2.45) is 5.92 Å². The van der Waals surface area contributed by atoms with Gasteiger partial charge in [0.25, 0.3) is 5.91 Å². The van der Waals surface area contributed by atoms with Gasteiger partial charge in [0.2, 0.25) is 5.72 Å². The molecule has 3 rings (SSSR count). The van der Waals surface area contributed by atoms with Crippen LogP contribution in [0.25, 0.3) is 0 Å². The van der Waals surface area contributed by atoms with Crippen molar-refractivity contribution in [2.75, 3.05) is 13.6 Å². The fraction of sp³-hybridized carbons (Fsp3) is 0.591. The molecule has 2 heterocycles. The molecule has 0 radical (unpaired) electrons. The minimum absolute atomic E-state index is 0.0213. The molecule has 1 aromatic rings. The van der Waals surface area contributed by atoms with E-state index in [9.17, 15) is 9.90 Å². The van der Waals surface area contributed by atoms with E-state index in [1.165, 1.54) is 4.90 Å². The predicted molar refractivity (Wildman–Crippen MR) is 116 cm³/mol. The Balaban J connectivity index is 2.05. The molecular formula is C22H30Cl2N2O3. The van der Waals surface area contributed by atoms with Crippen LogP contribution >= 0.6 is 23.2 Å². The van der Waals surface area contributed by atoms with Crippen LogP contribution in [-0.2, 0) is 11.2 Å². The van der Waals surface area contributed by atoms with Gasteiger partial charge in [-0.1, -0.05) is 63.2 Å². The average molecular weight is 441 g/mol. The summed E-state index contributed by atoms with van der Waals surface area (Å²) >= 11 is 12.8. The van der Waals surface area contributed by atoms with Gasteiger partial charge in [-0.25, -0.2) is 0 Å². The number of ether oxygens (including phenoxy) is 1. The molecule has 0 saturated carbocycles. The van der Waals surface area contributed by atoms with Crippen LogP contribution < -0.4 is 10.1 Å². The summed E-state index contributed by atoms with van der Waals surface area (Å²) < 4.78 is 6.44. The number of amides is 1. The molecule has 7 heteroatoms. The highest BCUT2D eigenvalue weighted by Crippen LogP contribution is 2.56. The van der Waals surface area contributed by atoms with Crippen molar-refractivity contribution >= 4 is 29.1 Å². The van der Waals surface area contributed by atoms with Crippen LogP contribution in [-0.4, -0.2) is 35.2 Å². The second-order valence-corrected chi connectivity index (χ2v) is 9.07. The van der Waals surface area contributed by atoms with Crippen molar-refractivity contribution in [1.82, 2.24) is 10.2 Å². The number of hydrogen-bond donors (Lipinski definition) is 2. The van der Waals surface area contributed by atoms with Crippen molar-refractivity contribution in [2.45, 2.75) is 64.6 Å². The van der Waals surface area contributed by atoms with E-state index in [0.717, 1.165) is 36.8 Å². The molecule has 1 aromatic carbocycles. The number of fused-ring (bicyclic) bond motifs is 1. The second-order valence-electron chi connectivity index (χ2n) is 8.32. The van der Waals surface area contributed by atoms with Crippen LogP contribution in [0.2, 0.25) is 0 Å². The highest BCUT2D eigenvalue weighted by atomic mass is 35.5. The van der Waals surface area contributed by atoms with Crippen molar-refractivity contribution in [3.05, 3.63) is 33.3 Å². The molecule has 0 aromatic heterocycles. The number of phenolic OH excluding ortho intramolecular Hbond substituents is 1. The number of nitrogens with zero attached hydrogens (tertiary/aromatic N) is 1. The van der Waals surface area contributed by atoms with Crippen molar-refractivity contribution in [3.63, 3.8) is 0 Å². The summed E-state index contributed by atoms with van der Waals surface area (Å²) in [6.45, 7) is 7.10. The van der Waals surface area contributed by atoms with Crippen LogP contribution in [0.5, 0.6) is 11.5 Å². The number of nitrogens with one attached hydrogen (secondary N) is 1. The van der Waals surface area contributed by atoms with E-state index in [0.29, 0.717) is 24.6 Å². The molecule has 2 N–H and O–H groups in total. The summed E-state index contributed by atoms with van der Waals surface area (Å²) in [5.41, 5.74) is 0.414. The maximum atomic E-state index is 12.6. The molecule has 2 aliphatic rings. The number of rotatable bonds is 8. The molecule has 0 saturated heterocycles. The van der Waals surface area contributed by atoms with Gasteiger partial charge in [-0.05, 0) is 37.4 Å². The Bertz CT molecular complexity index is 825. The first-order chi connectivity index (χ1) is 13.8. The van der Waals surface area contributed by atoms with E-state index in [4.69, 9.17) is 27.9 Å². The number of hydrogen-bond acceptors (Lipinski definition) is 4. The first-order valence-corrected chi connectivity index (χ1v) is 11.1. The summed E-state index contributed by atoms with van der Waals surface area (Å²) in [5.74, 6) is 0.835. The molecular weight excluding hydrogens is 411 g/mol. The number of unbranched alkanes of at least 4 members (excludes halogenated alkanes) is 3. The molecule has 160 valence electrons. The van der Waals surface area contributed by atoms with E-state index >= 15 is 0 Å². The maximum absolute atomic E-state index is 12.6. The summed E-state index contributed by atoms with van der Waals surface area (Å²) in [4.78, 5) is 14.1. The lowest BCUT2D eigenvalue weighted by atomic mass is 9.94. The summed E-state index contributed by atoms with van der Waals surface area (Å²) in [6.07, 6.45) is 5.04. The van der Waals surface area contributed by atoms with Crippen molar-refractivity contribution in [1.29, 1.82) is 0 Å². The Morgan fingerprint density at radius 3 is 2.59 bits per heavy atom. The first kappa shape index (κ1) is 22.3. The van der Waals surface area contributed by atoms with E-state index in [2.05, 4.69) is 26.1 Å². The second kappa shape index (κ2) is 8.75. The number of halogens is 2. The van der Waals surface area contributed by atoms with Gasteiger partial charge in [-0.3, -0.25) is 9.69 Å². The molecule has 0 bridgehead atoms. The Hall–Kier alpha value is -1.43. The van der Waals surface area contributed by atoms with Crippen LogP contribution in [0.3, 0.4) is 0 Å². The smallest absolute Gasteiger partial charge is 0.269 e. The molecule has 29 heavy (non-hydrogen) atoms. The lowest BCUT2D eigenvalue weighted by Gasteiger charge is -2.37. The summed E-state index contributed by atoms with van der Waals surface area (Å²) in [6, 6.07) is 3.17. The maximum Gasteiger partial charge on any atom is 0.269 e. The average Bonchev–Trinajstić information content (AvgIpc) is 3.10. The normalized spacial score (nSPS) is 23.5. The molecule has 2 aliphatic heterocycles. The predicted octanol–water partition coefficient (Wildman–Crippen LogP) is 5.05.